The van der Waals surface area contributed by atoms with Gasteiger partial charge in [-0.25, -0.2) is 0 Å². The minimum absolute atomic E-state index is 0.0569. The first kappa shape index (κ1) is 25.9. The summed E-state index contributed by atoms with van der Waals surface area (Å²) in [6.45, 7) is 0.0455. The van der Waals surface area contributed by atoms with E-state index in [4.69, 9.17) is 14.2 Å². The summed E-state index contributed by atoms with van der Waals surface area (Å²) in [4.78, 5) is 28.8. The number of carbonyl (C=O) groups is 2. The third kappa shape index (κ3) is 6.75. The molecule has 196 valence electrons. The summed E-state index contributed by atoms with van der Waals surface area (Å²) in [5.41, 5.74) is 1.54. The van der Waals surface area contributed by atoms with Gasteiger partial charge in [-0.15, -0.1) is 10.2 Å². The number of methoxy groups -OCH3 is 3. The number of ether oxygens (including phenoxy) is 3. The standard InChI is InChI=1S/C26H32N6O5/c1-35-21-11-8-18(9-12-21)15-31(16-24(33)27-20-6-4-5-7-20)25(34)17-32-29-26(28-30-32)19-10-13-22(36-2)23(14-19)37-3/h8-14,20H,4-7,15-17H2,1-3H3,(H,27,33). The number of benzene rings is 2. The molecule has 3 aromatic rings. The number of aromatic nitrogens is 4. The zero-order chi connectivity index (χ0) is 26.2. The van der Waals surface area contributed by atoms with Gasteiger partial charge in [0, 0.05) is 18.2 Å². The molecule has 1 saturated carbocycles. The van der Waals surface area contributed by atoms with E-state index in [0.29, 0.717) is 22.9 Å². The van der Waals surface area contributed by atoms with Crippen molar-refractivity contribution < 1.29 is 23.8 Å². The highest BCUT2D eigenvalue weighted by atomic mass is 16.5. The molecule has 1 N–H and O–H groups in total. The molecule has 2 aromatic carbocycles. The molecule has 0 unspecified atom stereocenters. The fraction of sp³-hybridized carbons (Fsp3) is 0.423. The summed E-state index contributed by atoms with van der Waals surface area (Å²) in [6, 6.07) is 12.8. The van der Waals surface area contributed by atoms with Crippen LogP contribution in [-0.2, 0) is 22.7 Å². The van der Waals surface area contributed by atoms with Crippen LogP contribution >= 0.6 is 0 Å². The molecular weight excluding hydrogens is 476 g/mol. The molecule has 4 rings (SSSR count). The molecule has 1 heterocycles. The normalized spacial score (nSPS) is 13.3. The van der Waals surface area contributed by atoms with Crippen LogP contribution in [-0.4, -0.2) is 70.8 Å². The van der Waals surface area contributed by atoms with Gasteiger partial charge in [0.25, 0.3) is 0 Å². The van der Waals surface area contributed by atoms with E-state index in [2.05, 4.69) is 20.7 Å². The number of tetrazole rings is 1. The Kier molecular flexibility index (Phi) is 8.55. The number of hydrogen-bond acceptors (Lipinski definition) is 8. The van der Waals surface area contributed by atoms with Crippen LogP contribution in [0.4, 0.5) is 0 Å². The summed E-state index contributed by atoms with van der Waals surface area (Å²) in [6.07, 6.45) is 4.17. The summed E-state index contributed by atoms with van der Waals surface area (Å²) in [5, 5.41) is 15.5. The zero-order valence-corrected chi connectivity index (χ0v) is 21.3. The van der Waals surface area contributed by atoms with Gasteiger partial charge >= 0.3 is 0 Å². The highest BCUT2D eigenvalue weighted by Gasteiger charge is 2.23. The van der Waals surface area contributed by atoms with Gasteiger partial charge in [-0.1, -0.05) is 25.0 Å². The molecule has 37 heavy (non-hydrogen) atoms. The van der Waals surface area contributed by atoms with Crippen molar-refractivity contribution in [2.24, 2.45) is 0 Å². The van der Waals surface area contributed by atoms with Crippen molar-refractivity contribution in [1.29, 1.82) is 0 Å². The van der Waals surface area contributed by atoms with Crippen molar-refractivity contribution in [1.82, 2.24) is 30.4 Å². The molecule has 11 nitrogen and oxygen atoms in total. The van der Waals surface area contributed by atoms with Gasteiger partial charge in [-0.2, -0.15) is 4.80 Å². The van der Waals surface area contributed by atoms with Crippen LogP contribution in [0.5, 0.6) is 17.2 Å². The quantitative estimate of drug-likeness (QED) is 0.419. The Bertz CT molecular complexity index is 1210. The average Bonchev–Trinajstić information content (AvgIpc) is 3.60. The number of amides is 2. The predicted molar refractivity (Wildman–Crippen MR) is 135 cm³/mol. The Morgan fingerprint density at radius 3 is 2.41 bits per heavy atom. The fourth-order valence-corrected chi connectivity index (χ4v) is 4.32. The second-order valence-electron chi connectivity index (χ2n) is 8.86. The molecule has 0 radical (unpaired) electrons. The summed E-state index contributed by atoms with van der Waals surface area (Å²) in [7, 11) is 4.70. The van der Waals surface area contributed by atoms with Gasteiger partial charge < -0.3 is 24.4 Å². The molecule has 1 aromatic heterocycles. The van der Waals surface area contributed by atoms with E-state index in [1.165, 1.54) is 9.70 Å². The van der Waals surface area contributed by atoms with Gasteiger partial charge in [0.2, 0.25) is 17.6 Å². The number of nitrogens with zero attached hydrogens (tertiary/aromatic N) is 5. The maximum atomic E-state index is 13.3. The smallest absolute Gasteiger partial charge is 0.247 e. The Balaban J connectivity index is 1.47. The third-order valence-electron chi connectivity index (χ3n) is 6.31. The molecule has 0 aliphatic heterocycles. The SMILES string of the molecule is COc1ccc(CN(CC(=O)NC2CCCC2)C(=O)Cn2nnc(-c3ccc(OC)c(OC)c3)n2)cc1. The van der Waals surface area contributed by atoms with Gasteiger partial charge in [0.05, 0.1) is 27.9 Å². The monoisotopic (exact) mass is 508 g/mol. The average molecular weight is 509 g/mol. The van der Waals surface area contributed by atoms with Crippen LogP contribution in [0.3, 0.4) is 0 Å². The Labute approximate surface area is 215 Å². The maximum absolute atomic E-state index is 13.3. The summed E-state index contributed by atoms with van der Waals surface area (Å²) in [5.74, 6) is 1.70. The first-order chi connectivity index (χ1) is 18.0. The molecule has 11 heteroatoms. The van der Waals surface area contributed by atoms with E-state index in [1.54, 1.807) is 39.5 Å². The van der Waals surface area contributed by atoms with Gasteiger partial charge in [0.1, 0.15) is 12.3 Å². The lowest BCUT2D eigenvalue weighted by Gasteiger charge is -2.23. The Morgan fingerprint density at radius 1 is 1.00 bits per heavy atom. The highest BCUT2D eigenvalue weighted by Crippen LogP contribution is 2.30. The molecule has 0 saturated heterocycles. The zero-order valence-electron chi connectivity index (χ0n) is 21.3. The van der Waals surface area contributed by atoms with Crippen LogP contribution in [0, 0.1) is 0 Å². The summed E-state index contributed by atoms with van der Waals surface area (Å²) >= 11 is 0. The highest BCUT2D eigenvalue weighted by molar-refractivity contribution is 5.84. The van der Waals surface area contributed by atoms with Gasteiger partial charge in [-0.05, 0) is 54.0 Å². The second-order valence-corrected chi connectivity index (χ2v) is 8.86. The fourth-order valence-electron chi connectivity index (χ4n) is 4.32. The van der Waals surface area contributed by atoms with E-state index in [-0.39, 0.29) is 37.5 Å². The predicted octanol–water partition coefficient (Wildman–Crippen LogP) is 2.45. The first-order valence-electron chi connectivity index (χ1n) is 12.2. The van der Waals surface area contributed by atoms with Gasteiger partial charge in [0.15, 0.2) is 11.5 Å². The minimum atomic E-state index is -0.298. The van der Waals surface area contributed by atoms with Crippen molar-refractivity contribution in [3.63, 3.8) is 0 Å². The number of hydrogen-bond donors (Lipinski definition) is 1. The van der Waals surface area contributed by atoms with Crippen LogP contribution in [0.2, 0.25) is 0 Å². The maximum Gasteiger partial charge on any atom is 0.247 e. The first-order valence-corrected chi connectivity index (χ1v) is 12.2. The van der Waals surface area contributed by atoms with Crippen LogP contribution in [0.1, 0.15) is 31.2 Å². The molecule has 0 spiro atoms. The molecule has 0 atom stereocenters. The largest absolute Gasteiger partial charge is 0.497 e. The Hall–Kier alpha value is -4.15. The second kappa shape index (κ2) is 12.2. The number of carbonyl (C=O) groups excluding carboxylic acids is 2. The van der Waals surface area contributed by atoms with Crippen molar-refractivity contribution in [2.45, 2.75) is 44.8 Å². The lowest BCUT2D eigenvalue weighted by molar-refractivity contribution is -0.137. The molecular formula is C26H32N6O5. The summed E-state index contributed by atoms with van der Waals surface area (Å²) < 4.78 is 15.8. The van der Waals surface area contributed by atoms with Crippen LogP contribution in [0.15, 0.2) is 42.5 Å². The van der Waals surface area contributed by atoms with Gasteiger partial charge in [-0.3, -0.25) is 9.59 Å². The molecule has 1 aliphatic carbocycles. The molecule has 1 fully saturated rings. The lowest BCUT2D eigenvalue weighted by Crippen LogP contribution is -2.44. The van der Waals surface area contributed by atoms with E-state index < -0.39 is 0 Å². The van der Waals surface area contributed by atoms with E-state index in [9.17, 15) is 9.59 Å². The topological polar surface area (TPSA) is 121 Å². The minimum Gasteiger partial charge on any atom is -0.497 e. The van der Waals surface area contributed by atoms with Crippen molar-refractivity contribution >= 4 is 11.8 Å². The molecule has 1 aliphatic rings. The number of rotatable bonds is 11. The number of nitrogens with one attached hydrogen (secondary N) is 1. The third-order valence-corrected chi connectivity index (χ3v) is 6.31. The van der Waals surface area contributed by atoms with Crippen LogP contribution < -0.4 is 19.5 Å². The van der Waals surface area contributed by atoms with E-state index in [1.807, 2.05) is 24.3 Å². The van der Waals surface area contributed by atoms with E-state index in [0.717, 1.165) is 37.0 Å². The van der Waals surface area contributed by atoms with E-state index >= 15 is 0 Å². The lowest BCUT2D eigenvalue weighted by atomic mass is 10.2. The molecule has 0 bridgehead atoms. The van der Waals surface area contributed by atoms with Crippen molar-refractivity contribution in [2.75, 3.05) is 27.9 Å². The van der Waals surface area contributed by atoms with Crippen molar-refractivity contribution in [3.05, 3.63) is 48.0 Å². The molecule has 2 amide bonds. The van der Waals surface area contributed by atoms with Crippen LogP contribution in [0.25, 0.3) is 11.4 Å². The van der Waals surface area contributed by atoms with Crippen molar-refractivity contribution in [3.8, 4) is 28.6 Å². The Morgan fingerprint density at radius 2 is 1.73 bits per heavy atom.